The van der Waals surface area contributed by atoms with E-state index in [1.807, 2.05) is 0 Å². The highest BCUT2D eigenvalue weighted by Crippen LogP contribution is 2.35. The zero-order valence-electron chi connectivity index (χ0n) is 16.0. The highest BCUT2D eigenvalue weighted by Gasteiger charge is 2.38. The van der Waals surface area contributed by atoms with Crippen molar-refractivity contribution in [1.82, 2.24) is 5.32 Å². The lowest BCUT2D eigenvalue weighted by atomic mass is 9.94. The first kappa shape index (κ1) is 29.8. The van der Waals surface area contributed by atoms with Crippen molar-refractivity contribution in [3.05, 3.63) is 0 Å². The maximum atomic E-state index is 12.3. The minimum Gasteiger partial charge on any atom is -0.317 e. The molecule has 0 aromatic heterocycles. The van der Waals surface area contributed by atoms with Gasteiger partial charge in [-0.25, -0.2) is 4.57 Å². The topological polar surface area (TPSA) is 89.8 Å². The molecule has 0 aromatic rings. The number of hydrogen-bond acceptors (Lipinski definition) is 2. The molecule has 28 heavy (non-hydrogen) atoms. The fourth-order valence-corrected chi connectivity index (χ4v) is 2.59. The molecular weight excluding hydrogens is 415 g/mol. The van der Waals surface area contributed by atoms with E-state index in [4.69, 9.17) is 19.2 Å². The molecule has 0 aliphatic carbocycles. The van der Waals surface area contributed by atoms with Crippen molar-refractivity contribution in [1.29, 1.82) is 0 Å². The van der Waals surface area contributed by atoms with Gasteiger partial charge in [0, 0.05) is 12.8 Å². The summed E-state index contributed by atoms with van der Waals surface area (Å²) in [5.74, 6) is -1.35. The van der Waals surface area contributed by atoms with Crippen LogP contribution in [0, 0.1) is 5.92 Å². The molecule has 0 saturated heterocycles. The zero-order valence-corrected chi connectivity index (χ0v) is 16.9. The summed E-state index contributed by atoms with van der Waals surface area (Å²) in [6.45, 7) is 3.83. The average molecular weight is 447 g/mol. The van der Waals surface area contributed by atoms with Crippen molar-refractivity contribution in [3.63, 3.8) is 0 Å². The molecule has 12 heteroatoms. The first-order valence-electron chi connectivity index (χ1n) is 9.26. The van der Waals surface area contributed by atoms with Crippen molar-refractivity contribution in [2.75, 3.05) is 13.1 Å². The van der Waals surface area contributed by atoms with E-state index in [0.717, 1.165) is 25.9 Å². The Labute approximate surface area is 162 Å². The Hall–Kier alpha value is -0.350. The second-order valence-corrected chi connectivity index (χ2v) is 7.70. The third kappa shape index (κ3) is 33.3. The normalized spacial score (nSPS) is 12.8. The van der Waals surface area contributed by atoms with E-state index < -0.39 is 38.9 Å². The van der Waals surface area contributed by atoms with Gasteiger partial charge in [-0.15, -0.1) is 0 Å². The number of phosphoric acid groups is 1. The molecule has 0 heterocycles. The van der Waals surface area contributed by atoms with Gasteiger partial charge in [0.05, 0.1) is 0 Å². The predicted octanol–water partition coefficient (Wildman–Crippen LogP) is 5.31. The molecular formula is C16H32F6NO4P. The quantitative estimate of drug-likeness (QED) is 0.175. The van der Waals surface area contributed by atoms with Crippen LogP contribution >= 0.6 is 7.82 Å². The molecule has 0 spiro atoms. The van der Waals surface area contributed by atoms with E-state index in [0.29, 0.717) is 12.8 Å². The molecule has 0 saturated carbocycles. The Balaban J connectivity index is 0. The van der Waals surface area contributed by atoms with Gasteiger partial charge >= 0.3 is 20.2 Å². The van der Waals surface area contributed by atoms with Crippen molar-refractivity contribution < 1.29 is 45.6 Å². The van der Waals surface area contributed by atoms with Crippen LogP contribution in [0.15, 0.2) is 0 Å². The molecule has 0 rings (SSSR count). The number of unbranched alkanes of at least 4 members (excludes halogenated alkanes) is 5. The Morgan fingerprint density at radius 2 is 1.18 bits per heavy atom. The van der Waals surface area contributed by atoms with Crippen molar-refractivity contribution in [2.24, 2.45) is 5.92 Å². The van der Waals surface area contributed by atoms with Crippen LogP contribution in [0.4, 0.5) is 26.3 Å². The highest BCUT2D eigenvalue weighted by atomic mass is 31.2. The molecule has 4 N–H and O–H groups in total. The lowest BCUT2D eigenvalue weighted by Crippen LogP contribution is -2.21. The van der Waals surface area contributed by atoms with Gasteiger partial charge in [0.15, 0.2) is 0 Å². The maximum absolute atomic E-state index is 12.3. The van der Waals surface area contributed by atoms with Crippen LogP contribution in [0.25, 0.3) is 0 Å². The smallest absolute Gasteiger partial charge is 0.317 e. The SMILES string of the molecule is CCCCCCNCCCCCC(CC(F)(F)F)CC(F)(F)F.O=P(O)(O)O. The summed E-state index contributed by atoms with van der Waals surface area (Å²) >= 11 is 0. The average Bonchev–Trinajstić information content (AvgIpc) is 2.44. The van der Waals surface area contributed by atoms with Gasteiger partial charge in [-0.1, -0.05) is 39.0 Å². The molecule has 0 aromatic carbocycles. The summed E-state index contributed by atoms with van der Waals surface area (Å²) in [5.41, 5.74) is 0. The standard InChI is InChI=1S/C16H29F6N.H3O4P/c1-2-3-4-7-10-23-11-8-5-6-9-14(12-15(17,18)19)13-16(20,21)22;1-5(2,3)4/h14,23H,2-13H2,1H3;(H3,1,2,3,4). The van der Waals surface area contributed by atoms with Crippen LogP contribution in [0.5, 0.6) is 0 Å². The highest BCUT2D eigenvalue weighted by molar-refractivity contribution is 7.45. The number of nitrogens with one attached hydrogen (secondary N) is 1. The molecule has 172 valence electrons. The van der Waals surface area contributed by atoms with Gasteiger partial charge < -0.3 is 20.0 Å². The van der Waals surface area contributed by atoms with Crippen LogP contribution in [-0.4, -0.2) is 40.1 Å². The third-order valence-corrected chi connectivity index (χ3v) is 3.71. The Morgan fingerprint density at radius 3 is 1.54 bits per heavy atom. The number of hydrogen-bond donors (Lipinski definition) is 4. The fourth-order valence-electron chi connectivity index (χ4n) is 2.59. The van der Waals surface area contributed by atoms with Crippen LogP contribution in [-0.2, 0) is 4.57 Å². The van der Waals surface area contributed by atoms with Crippen LogP contribution < -0.4 is 5.32 Å². The molecule has 0 fully saturated rings. The van der Waals surface area contributed by atoms with Gasteiger partial charge in [-0.3, -0.25) is 0 Å². The van der Waals surface area contributed by atoms with Crippen molar-refractivity contribution in [2.45, 2.75) is 83.5 Å². The summed E-state index contributed by atoms with van der Waals surface area (Å²) in [6, 6.07) is 0. The van der Waals surface area contributed by atoms with Gasteiger partial charge in [0.25, 0.3) is 0 Å². The summed E-state index contributed by atoms with van der Waals surface area (Å²) in [4.78, 5) is 21.6. The molecule has 0 amide bonds. The Kier molecular flexibility index (Phi) is 16.5. The summed E-state index contributed by atoms with van der Waals surface area (Å²) in [7, 11) is -4.64. The van der Waals surface area contributed by atoms with Crippen LogP contribution in [0.2, 0.25) is 0 Å². The largest absolute Gasteiger partial charge is 0.466 e. The lowest BCUT2D eigenvalue weighted by Gasteiger charge is -2.20. The second kappa shape index (κ2) is 15.5. The molecule has 0 unspecified atom stereocenters. The summed E-state index contributed by atoms with van der Waals surface area (Å²) < 4.78 is 82.7. The lowest BCUT2D eigenvalue weighted by molar-refractivity contribution is -0.173. The molecule has 0 radical (unpaired) electrons. The molecule has 0 bridgehead atoms. The predicted molar refractivity (Wildman–Crippen MR) is 94.6 cm³/mol. The van der Waals surface area contributed by atoms with E-state index >= 15 is 0 Å². The van der Waals surface area contributed by atoms with Crippen molar-refractivity contribution in [3.8, 4) is 0 Å². The minimum absolute atomic E-state index is 0.0183. The van der Waals surface area contributed by atoms with Crippen molar-refractivity contribution >= 4 is 7.82 Å². The third-order valence-electron chi connectivity index (χ3n) is 3.71. The van der Waals surface area contributed by atoms with Gasteiger partial charge in [-0.05, 0) is 38.3 Å². The minimum atomic E-state index is -4.64. The summed E-state index contributed by atoms with van der Waals surface area (Å²) in [6.07, 6.45) is -5.24. The molecule has 5 nitrogen and oxygen atoms in total. The van der Waals surface area contributed by atoms with E-state index in [2.05, 4.69) is 12.2 Å². The Morgan fingerprint density at radius 1 is 0.786 bits per heavy atom. The molecule has 0 aliphatic heterocycles. The summed E-state index contributed by atoms with van der Waals surface area (Å²) in [5, 5.41) is 3.25. The zero-order chi connectivity index (χ0) is 22.3. The second-order valence-electron chi connectivity index (χ2n) is 6.68. The monoisotopic (exact) mass is 447 g/mol. The van der Waals surface area contributed by atoms with E-state index in [-0.39, 0.29) is 6.42 Å². The number of rotatable bonds is 13. The number of halogens is 6. The van der Waals surface area contributed by atoms with E-state index in [1.165, 1.54) is 19.3 Å². The van der Waals surface area contributed by atoms with E-state index in [9.17, 15) is 26.3 Å². The first-order valence-corrected chi connectivity index (χ1v) is 10.8. The molecule has 0 aliphatic rings. The van der Waals surface area contributed by atoms with Gasteiger partial charge in [0.2, 0.25) is 0 Å². The first-order chi connectivity index (χ1) is 12.6. The van der Waals surface area contributed by atoms with Gasteiger partial charge in [-0.2, -0.15) is 26.3 Å². The number of alkyl halides is 6. The Bertz CT molecular complexity index is 391. The fraction of sp³-hybridized carbons (Fsp3) is 1.00. The van der Waals surface area contributed by atoms with Crippen LogP contribution in [0.1, 0.15) is 71.1 Å². The van der Waals surface area contributed by atoms with Gasteiger partial charge in [0.1, 0.15) is 0 Å². The van der Waals surface area contributed by atoms with E-state index in [1.54, 1.807) is 0 Å². The molecule has 0 atom stereocenters. The van der Waals surface area contributed by atoms with Crippen LogP contribution in [0.3, 0.4) is 0 Å². The maximum Gasteiger partial charge on any atom is 0.466 e.